The maximum absolute atomic E-state index is 13.2. The standard InChI is InChI=1S/C31H32N2O6/c1-5-6-9-20-12-14-22(15-13-20)32-29(34)19-39-31(35)24-18-26(33-25-11-8-7-10-23(24)25)21-16-27(36-2)30(38-4)28(17-21)37-3/h7-8,10-18H,5-6,9,19H2,1-4H3,(H,32,34). The summed E-state index contributed by atoms with van der Waals surface area (Å²) in [5.41, 5.74) is 3.92. The molecule has 8 nitrogen and oxygen atoms in total. The summed E-state index contributed by atoms with van der Waals surface area (Å²) in [7, 11) is 4.59. The van der Waals surface area contributed by atoms with Gasteiger partial charge in [0, 0.05) is 16.6 Å². The van der Waals surface area contributed by atoms with E-state index in [0.29, 0.717) is 45.1 Å². The van der Waals surface area contributed by atoms with E-state index in [4.69, 9.17) is 23.9 Å². The van der Waals surface area contributed by atoms with Crippen LogP contribution in [0.5, 0.6) is 17.2 Å². The van der Waals surface area contributed by atoms with Gasteiger partial charge < -0.3 is 24.3 Å². The van der Waals surface area contributed by atoms with Gasteiger partial charge in [-0.15, -0.1) is 0 Å². The molecule has 1 amide bonds. The number of methoxy groups -OCH3 is 3. The zero-order valence-corrected chi connectivity index (χ0v) is 22.6. The average molecular weight is 529 g/mol. The number of nitrogens with zero attached hydrogens (tertiary/aromatic N) is 1. The SMILES string of the molecule is CCCCc1ccc(NC(=O)COC(=O)c2cc(-c3cc(OC)c(OC)c(OC)c3)nc3ccccc23)cc1. The van der Waals surface area contributed by atoms with Gasteiger partial charge in [0.15, 0.2) is 18.1 Å². The molecule has 0 aliphatic carbocycles. The number of aryl methyl sites for hydroxylation is 1. The predicted octanol–water partition coefficient (Wildman–Crippen LogP) is 6.07. The van der Waals surface area contributed by atoms with E-state index in [9.17, 15) is 9.59 Å². The van der Waals surface area contributed by atoms with Crippen LogP contribution in [0.3, 0.4) is 0 Å². The molecule has 1 N–H and O–H groups in total. The number of benzene rings is 3. The molecule has 4 aromatic rings. The van der Waals surface area contributed by atoms with E-state index in [-0.39, 0.29) is 5.56 Å². The van der Waals surface area contributed by atoms with Gasteiger partial charge in [-0.3, -0.25) is 4.79 Å². The van der Waals surface area contributed by atoms with E-state index in [1.807, 2.05) is 42.5 Å². The van der Waals surface area contributed by atoms with Gasteiger partial charge in [0.25, 0.3) is 5.91 Å². The lowest BCUT2D eigenvalue weighted by Crippen LogP contribution is -2.21. The van der Waals surface area contributed by atoms with Crippen LogP contribution in [-0.2, 0) is 16.0 Å². The monoisotopic (exact) mass is 528 g/mol. The first kappa shape index (κ1) is 27.4. The van der Waals surface area contributed by atoms with Crippen molar-refractivity contribution in [3.63, 3.8) is 0 Å². The summed E-state index contributed by atoms with van der Waals surface area (Å²) in [5, 5.41) is 3.39. The minimum absolute atomic E-state index is 0.289. The van der Waals surface area contributed by atoms with Crippen molar-refractivity contribution in [1.82, 2.24) is 4.98 Å². The van der Waals surface area contributed by atoms with Crippen LogP contribution in [0.4, 0.5) is 5.69 Å². The highest BCUT2D eigenvalue weighted by Gasteiger charge is 2.19. The van der Waals surface area contributed by atoms with E-state index in [1.54, 1.807) is 24.3 Å². The number of unbranched alkanes of at least 4 members (excludes halogenated alkanes) is 1. The molecule has 202 valence electrons. The van der Waals surface area contributed by atoms with Gasteiger partial charge in [-0.25, -0.2) is 9.78 Å². The van der Waals surface area contributed by atoms with Gasteiger partial charge in [0.05, 0.1) is 38.1 Å². The van der Waals surface area contributed by atoms with Gasteiger partial charge in [0.2, 0.25) is 5.75 Å². The van der Waals surface area contributed by atoms with Gasteiger partial charge in [0.1, 0.15) is 0 Å². The van der Waals surface area contributed by atoms with Gasteiger partial charge in [-0.2, -0.15) is 0 Å². The topological polar surface area (TPSA) is 96.0 Å². The highest BCUT2D eigenvalue weighted by molar-refractivity contribution is 6.05. The third-order valence-electron chi connectivity index (χ3n) is 6.29. The summed E-state index contributed by atoms with van der Waals surface area (Å²) in [6.45, 7) is 1.73. The van der Waals surface area contributed by atoms with Crippen LogP contribution in [0.25, 0.3) is 22.2 Å². The van der Waals surface area contributed by atoms with Crippen molar-refractivity contribution in [2.24, 2.45) is 0 Å². The molecular formula is C31H32N2O6. The first-order chi connectivity index (χ1) is 19.0. The second kappa shape index (κ2) is 12.8. The van der Waals surface area contributed by atoms with E-state index in [0.717, 1.165) is 19.3 Å². The summed E-state index contributed by atoms with van der Waals surface area (Å²) in [6, 6.07) is 20.1. The fourth-order valence-corrected chi connectivity index (χ4v) is 4.26. The quantitative estimate of drug-likeness (QED) is 0.236. The zero-order valence-electron chi connectivity index (χ0n) is 22.6. The molecule has 1 heterocycles. The molecule has 0 fully saturated rings. The Balaban J connectivity index is 1.55. The van der Waals surface area contributed by atoms with Crippen LogP contribution >= 0.6 is 0 Å². The van der Waals surface area contributed by atoms with E-state index < -0.39 is 18.5 Å². The molecule has 0 aliphatic heterocycles. The van der Waals surface area contributed by atoms with E-state index in [2.05, 4.69) is 12.2 Å². The number of pyridine rings is 1. The second-order valence-corrected chi connectivity index (χ2v) is 8.91. The summed E-state index contributed by atoms with van der Waals surface area (Å²) in [4.78, 5) is 30.4. The zero-order chi connectivity index (χ0) is 27.8. The first-order valence-corrected chi connectivity index (χ1v) is 12.7. The van der Waals surface area contributed by atoms with Crippen LogP contribution in [0, 0.1) is 0 Å². The summed E-state index contributed by atoms with van der Waals surface area (Å²) in [5.74, 6) is 0.313. The van der Waals surface area contributed by atoms with Gasteiger partial charge >= 0.3 is 5.97 Å². The minimum Gasteiger partial charge on any atom is -0.493 e. The molecule has 0 saturated heterocycles. The van der Waals surface area contributed by atoms with Crippen LogP contribution in [0.2, 0.25) is 0 Å². The van der Waals surface area contributed by atoms with Gasteiger partial charge in [-0.1, -0.05) is 43.7 Å². The number of anilines is 1. The number of fused-ring (bicyclic) bond motifs is 1. The predicted molar refractivity (Wildman–Crippen MR) is 151 cm³/mol. The summed E-state index contributed by atoms with van der Waals surface area (Å²) >= 11 is 0. The van der Waals surface area contributed by atoms with E-state index in [1.165, 1.54) is 26.9 Å². The Morgan fingerprint density at radius 1 is 0.872 bits per heavy atom. The fraction of sp³-hybridized carbons (Fsp3) is 0.258. The maximum Gasteiger partial charge on any atom is 0.339 e. The molecule has 0 atom stereocenters. The van der Waals surface area contributed by atoms with Crippen molar-refractivity contribution in [2.75, 3.05) is 33.3 Å². The smallest absolute Gasteiger partial charge is 0.339 e. The largest absolute Gasteiger partial charge is 0.493 e. The molecule has 1 aromatic heterocycles. The maximum atomic E-state index is 13.2. The minimum atomic E-state index is -0.632. The number of hydrogen-bond acceptors (Lipinski definition) is 7. The molecule has 39 heavy (non-hydrogen) atoms. The molecule has 0 bridgehead atoms. The Morgan fingerprint density at radius 3 is 2.21 bits per heavy atom. The molecule has 4 rings (SSSR count). The lowest BCUT2D eigenvalue weighted by molar-refractivity contribution is -0.119. The third-order valence-corrected chi connectivity index (χ3v) is 6.29. The molecule has 8 heteroatoms. The third kappa shape index (κ3) is 6.46. The molecule has 0 unspecified atom stereocenters. The number of aromatic nitrogens is 1. The van der Waals surface area contributed by atoms with Crippen LogP contribution in [-0.4, -0.2) is 44.8 Å². The summed E-state index contributed by atoms with van der Waals surface area (Å²) in [6.07, 6.45) is 3.24. The van der Waals surface area contributed by atoms with Gasteiger partial charge in [-0.05, 0) is 54.8 Å². The van der Waals surface area contributed by atoms with E-state index >= 15 is 0 Å². The number of rotatable bonds is 11. The van der Waals surface area contributed by atoms with Crippen LogP contribution in [0.15, 0.2) is 66.7 Å². The summed E-state index contributed by atoms with van der Waals surface area (Å²) < 4.78 is 21.8. The van der Waals surface area contributed by atoms with Crippen molar-refractivity contribution < 1.29 is 28.5 Å². The Kier molecular flexibility index (Phi) is 8.99. The molecule has 0 saturated carbocycles. The van der Waals surface area contributed by atoms with Crippen molar-refractivity contribution in [3.8, 4) is 28.5 Å². The van der Waals surface area contributed by atoms with Crippen molar-refractivity contribution in [2.45, 2.75) is 26.2 Å². The number of carbonyl (C=O) groups excluding carboxylic acids is 2. The van der Waals surface area contributed by atoms with Crippen LogP contribution < -0.4 is 19.5 Å². The molecule has 3 aromatic carbocycles. The fourth-order valence-electron chi connectivity index (χ4n) is 4.26. The number of ether oxygens (including phenoxy) is 4. The highest BCUT2D eigenvalue weighted by atomic mass is 16.5. The molecule has 0 aliphatic rings. The lowest BCUT2D eigenvalue weighted by atomic mass is 10.0. The average Bonchev–Trinajstić information content (AvgIpc) is 2.98. The number of hydrogen-bond donors (Lipinski definition) is 1. The Labute approximate surface area is 227 Å². The van der Waals surface area contributed by atoms with Crippen molar-refractivity contribution >= 4 is 28.5 Å². The Bertz CT molecular complexity index is 1440. The normalized spacial score (nSPS) is 10.7. The number of esters is 1. The van der Waals surface area contributed by atoms with Crippen molar-refractivity contribution in [1.29, 1.82) is 0 Å². The number of amides is 1. The van der Waals surface area contributed by atoms with Crippen molar-refractivity contribution in [3.05, 3.63) is 77.9 Å². The second-order valence-electron chi connectivity index (χ2n) is 8.91. The Hall–Kier alpha value is -4.59. The Morgan fingerprint density at radius 2 is 1.56 bits per heavy atom. The number of para-hydroxylation sites is 1. The molecular weight excluding hydrogens is 496 g/mol. The van der Waals surface area contributed by atoms with Crippen LogP contribution in [0.1, 0.15) is 35.7 Å². The molecule has 0 spiro atoms. The molecule has 0 radical (unpaired) electrons. The first-order valence-electron chi connectivity index (χ1n) is 12.7. The number of carbonyl (C=O) groups is 2. The number of nitrogens with one attached hydrogen (secondary N) is 1. The highest BCUT2D eigenvalue weighted by Crippen LogP contribution is 2.41. The lowest BCUT2D eigenvalue weighted by Gasteiger charge is -2.15.